The van der Waals surface area contributed by atoms with E-state index in [0.29, 0.717) is 19.4 Å². The number of hydrogen-bond acceptors (Lipinski definition) is 5. The Balaban J connectivity index is 2.09. The van der Waals surface area contributed by atoms with Crippen LogP contribution >= 0.6 is 0 Å². The molecule has 0 aromatic rings. The van der Waals surface area contributed by atoms with E-state index < -0.39 is 27.8 Å². The third-order valence-electron chi connectivity index (χ3n) is 4.15. The van der Waals surface area contributed by atoms with Crippen LogP contribution in [0.3, 0.4) is 0 Å². The van der Waals surface area contributed by atoms with Gasteiger partial charge in [0.15, 0.2) is 0 Å². The van der Waals surface area contributed by atoms with Gasteiger partial charge in [-0.2, -0.15) is 17.4 Å². The molecule has 1 unspecified atom stereocenters. The molecule has 8 heteroatoms. The largest absolute Gasteiger partial charge is 0.465 e. The minimum absolute atomic E-state index is 0.264. The second-order valence-corrected chi connectivity index (χ2v) is 7.56. The Morgan fingerprint density at radius 2 is 2.10 bits per heavy atom. The summed E-state index contributed by atoms with van der Waals surface area (Å²) in [6, 6.07) is -0.687. The average molecular weight is 319 g/mol. The third-order valence-corrected chi connectivity index (χ3v) is 5.96. The summed E-state index contributed by atoms with van der Waals surface area (Å²) in [6.07, 6.45) is 2.69. The highest BCUT2D eigenvalue weighted by atomic mass is 32.2. The molecule has 122 valence electrons. The van der Waals surface area contributed by atoms with Crippen molar-refractivity contribution < 1.29 is 17.9 Å². The molecular formula is C13H25N3O4S. The molecule has 2 heterocycles. The molecule has 7 nitrogen and oxygen atoms in total. The van der Waals surface area contributed by atoms with Crippen molar-refractivity contribution in [3.8, 4) is 0 Å². The number of piperidine rings is 1. The molecule has 0 bridgehead atoms. The molecule has 0 saturated carbocycles. The van der Waals surface area contributed by atoms with Crippen LogP contribution in [-0.4, -0.2) is 56.5 Å². The lowest BCUT2D eigenvalue weighted by atomic mass is 9.92. The maximum Gasteiger partial charge on any atom is 0.324 e. The Morgan fingerprint density at radius 3 is 2.71 bits per heavy atom. The van der Waals surface area contributed by atoms with Crippen LogP contribution in [0.25, 0.3) is 0 Å². The molecule has 2 N–H and O–H groups in total. The number of ether oxygens (including phenoxy) is 1. The number of nitrogens with zero attached hydrogens (tertiary/aromatic N) is 1. The van der Waals surface area contributed by atoms with Gasteiger partial charge in [-0.3, -0.25) is 4.79 Å². The summed E-state index contributed by atoms with van der Waals surface area (Å²) in [5, 5.41) is 3.22. The van der Waals surface area contributed by atoms with E-state index in [2.05, 4.69) is 10.0 Å². The quantitative estimate of drug-likeness (QED) is 0.696. The van der Waals surface area contributed by atoms with E-state index in [1.165, 1.54) is 4.31 Å². The molecule has 2 fully saturated rings. The van der Waals surface area contributed by atoms with Crippen LogP contribution in [0, 0.1) is 0 Å². The fourth-order valence-electron chi connectivity index (χ4n) is 2.95. The molecule has 2 saturated heterocycles. The van der Waals surface area contributed by atoms with E-state index in [1.54, 1.807) is 6.92 Å². The number of carbonyl (C=O) groups is 1. The summed E-state index contributed by atoms with van der Waals surface area (Å²) >= 11 is 0. The minimum Gasteiger partial charge on any atom is -0.465 e. The van der Waals surface area contributed by atoms with Crippen LogP contribution in [-0.2, 0) is 19.7 Å². The van der Waals surface area contributed by atoms with Crippen molar-refractivity contribution in [3.63, 3.8) is 0 Å². The molecule has 2 rings (SSSR count). The molecule has 0 aliphatic carbocycles. The molecular weight excluding hydrogens is 294 g/mol. The Labute approximate surface area is 126 Å². The lowest BCUT2D eigenvalue weighted by Gasteiger charge is -2.36. The van der Waals surface area contributed by atoms with Crippen LogP contribution in [0.4, 0.5) is 0 Å². The summed E-state index contributed by atoms with van der Waals surface area (Å²) < 4.78 is 34.3. The van der Waals surface area contributed by atoms with E-state index in [4.69, 9.17) is 4.74 Å². The predicted molar refractivity (Wildman–Crippen MR) is 78.9 cm³/mol. The molecule has 0 radical (unpaired) electrons. The van der Waals surface area contributed by atoms with Crippen molar-refractivity contribution >= 4 is 16.2 Å². The van der Waals surface area contributed by atoms with E-state index in [9.17, 15) is 13.2 Å². The topological polar surface area (TPSA) is 87.7 Å². The monoisotopic (exact) mass is 319 g/mol. The molecule has 2 aliphatic heterocycles. The van der Waals surface area contributed by atoms with Crippen molar-refractivity contribution in [1.29, 1.82) is 0 Å². The van der Waals surface area contributed by atoms with Crippen molar-refractivity contribution in [1.82, 2.24) is 14.3 Å². The van der Waals surface area contributed by atoms with Crippen molar-refractivity contribution in [3.05, 3.63) is 0 Å². The van der Waals surface area contributed by atoms with Gasteiger partial charge < -0.3 is 10.1 Å². The number of nitrogens with one attached hydrogen (secondary N) is 2. The van der Waals surface area contributed by atoms with E-state index in [1.807, 2.05) is 6.92 Å². The van der Waals surface area contributed by atoms with Crippen molar-refractivity contribution in [2.24, 2.45) is 0 Å². The number of hydrogen-bond donors (Lipinski definition) is 2. The predicted octanol–water partition coefficient (Wildman–Crippen LogP) is -0.00960. The standard InChI is InChI=1S/C13H25N3O4S/c1-3-20-12(17)11-5-4-10-16(11)21(18,19)15-13(2)6-8-14-9-7-13/h11,14-15H,3-10H2,1-2H3. The minimum atomic E-state index is -3.68. The molecule has 1 atom stereocenters. The lowest BCUT2D eigenvalue weighted by molar-refractivity contribution is -0.146. The van der Waals surface area contributed by atoms with Gasteiger partial charge in [0.05, 0.1) is 6.61 Å². The number of esters is 1. The van der Waals surface area contributed by atoms with Gasteiger partial charge in [-0.25, -0.2) is 0 Å². The Hall–Kier alpha value is -0.700. The highest BCUT2D eigenvalue weighted by Crippen LogP contribution is 2.25. The van der Waals surface area contributed by atoms with Crippen molar-refractivity contribution in [2.45, 2.75) is 51.1 Å². The van der Waals surface area contributed by atoms with Crippen LogP contribution in [0.1, 0.15) is 39.5 Å². The Bertz CT molecular complexity index is 474. The summed E-state index contributed by atoms with van der Waals surface area (Å²) in [5.74, 6) is -0.448. The highest BCUT2D eigenvalue weighted by molar-refractivity contribution is 7.87. The average Bonchev–Trinajstić information content (AvgIpc) is 2.88. The first-order chi connectivity index (χ1) is 9.88. The Kier molecular flexibility index (Phi) is 5.24. The van der Waals surface area contributed by atoms with Gasteiger partial charge in [0.1, 0.15) is 6.04 Å². The molecule has 0 amide bonds. The van der Waals surface area contributed by atoms with Gasteiger partial charge in [-0.05, 0) is 52.6 Å². The molecule has 2 aliphatic rings. The summed E-state index contributed by atoms with van der Waals surface area (Å²) in [4.78, 5) is 11.9. The van der Waals surface area contributed by atoms with Gasteiger partial charge in [0.2, 0.25) is 0 Å². The van der Waals surface area contributed by atoms with Crippen LogP contribution in [0.15, 0.2) is 0 Å². The van der Waals surface area contributed by atoms with Gasteiger partial charge in [-0.1, -0.05) is 0 Å². The normalized spacial score (nSPS) is 26.7. The summed E-state index contributed by atoms with van der Waals surface area (Å²) in [6.45, 7) is 5.86. The van der Waals surface area contributed by atoms with Crippen molar-refractivity contribution in [2.75, 3.05) is 26.2 Å². The Morgan fingerprint density at radius 1 is 1.43 bits per heavy atom. The SMILES string of the molecule is CCOC(=O)C1CCCN1S(=O)(=O)NC1(C)CCNCC1. The second-order valence-electron chi connectivity index (χ2n) is 5.94. The molecule has 21 heavy (non-hydrogen) atoms. The van der Waals surface area contributed by atoms with Gasteiger partial charge in [-0.15, -0.1) is 0 Å². The summed E-state index contributed by atoms with van der Waals surface area (Å²) in [5.41, 5.74) is -0.452. The zero-order valence-corrected chi connectivity index (χ0v) is 13.5. The fourth-order valence-corrected chi connectivity index (χ4v) is 4.79. The fraction of sp³-hybridized carbons (Fsp3) is 0.923. The van der Waals surface area contributed by atoms with Gasteiger partial charge in [0, 0.05) is 12.1 Å². The van der Waals surface area contributed by atoms with E-state index in [-0.39, 0.29) is 6.61 Å². The van der Waals surface area contributed by atoms with Gasteiger partial charge in [0.25, 0.3) is 10.2 Å². The first kappa shape index (κ1) is 16.7. The smallest absolute Gasteiger partial charge is 0.324 e. The third kappa shape index (κ3) is 3.94. The second kappa shape index (κ2) is 6.60. The first-order valence-electron chi connectivity index (χ1n) is 7.56. The maximum absolute atomic E-state index is 12.6. The lowest BCUT2D eigenvalue weighted by Crippen LogP contribution is -2.57. The molecule has 0 aromatic carbocycles. The van der Waals surface area contributed by atoms with Crippen LogP contribution in [0.2, 0.25) is 0 Å². The van der Waals surface area contributed by atoms with E-state index in [0.717, 1.165) is 25.9 Å². The zero-order chi connectivity index (χ0) is 15.5. The van der Waals surface area contributed by atoms with E-state index >= 15 is 0 Å². The summed E-state index contributed by atoms with van der Waals surface area (Å²) in [7, 11) is -3.68. The van der Waals surface area contributed by atoms with Crippen LogP contribution < -0.4 is 10.0 Å². The van der Waals surface area contributed by atoms with Gasteiger partial charge >= 0.3 is 5.97 Å². The maximum atomic E-state index is 12.6. The first-order valence-corrected chi connectivity index (χ1v) is 9.00. The highest BCUT2D eigenvalue weighted by Gasteiger charge is 2.42. The number of rotatable bonds is 5. The zero-order valence-electron chi connectivity index (χ0n) is 12.7. The molecule has 0 aromatic heterocycles. The molecule has 0 spiro atoms. The van der Waals surface area contributed by atoms with Crippen LogP contribution in [0.5, 0.6) is 0 Å². The number of carbonyl (C=O) groups excluding carboxylic acids is 1.